The van der Waals surface area contributed by atoms with Crippen LogP contribution in [0, 0.1) is 6.92 Å². The molecule has 8 heteroatoms. The minimum absolute atomic E-state index is 0.219. The van der Waals surface area contributed by atoms with Crippen molar-refractivity contribution in [2.24, 2.45) is 7.05 Å². The monoisotopic (exact) mass is 512 g/mol. The minimum atomic E-state index is -0.249. The molecule has 1 amide bonds. The van der Waals surface area contributed by atoms with Gasteiger partial charge >= 0.3 is 0 Å². The number of benzene rings is 2. The molecule has 0 unspecified atom stereocenters. The molecular weight excluding hydrogens is 476 g/mol. The predicted octanol–water partition coefficient (Wildman–Crippen LogP) is 5.13. The van der Waals surface area contributed by atoms with Gasteiger partial charge in [-0.15, -0.1) is 0 Å². The van der Waals surface area contributed by atoms with E-state index in [2.05, 4.69) is 52.7 Å². The summed E-state index contributed by atoms with van der Waals surface area (Å²) in [5.74, 6) is -0.0299. The largest absolute Gasteiger partial charge is 0.398 e. The van der Waals surface area contributed by atoms with E-state index < -0.39 is 0 Å². The minimum Gasteiger partial charge on any atom is -0.398 e. The molecule has 38 heavy (non-hydrogen) atoms. The zero-order valence-electron chi connectivity index (χ0n) is 22.3. The van der Waals surface area contributed by atoms with Gasteiger partial charge in [-0.1, -0.05) is 49.2 Å². The van der Waals surface area contributed by atoms with Crippen LogP contribution < -0.4 is 16.8 Å². The van der Waals surface area contributed by atoms with Gasteiger partial charge < -0.3 is 21.5 Å². The van der Waals surface area contributed by atoms with E-state index in [0.29, 0.717) is 11.7 Å². The molecule has 8 nitrogen and oxygen atoms in total. The summed E-state index contributed by atoms with van der Waals surface area (Å²) in [6.45, 7) is 2.79. The van der Waals surface area contributed by atoms with Crippen LogP contribution in [-0.2, 0) is 18.4 Å². The number of rotatable bonds is 6. The third kappa shape index (κ3) is 6.58. The van der Waals surface area contributed by atoms with Crippen molar-refractivity contribution in [2.75, 3.05) is 18.5 Å². The fraction of sp³-hybridized carbons (Fsp3) is 0.300. The van der Waals surface area contributed by atoms with Crippen LogP contribution in [0.2, 0.25) is 0 Å². The summed E-state index contributed by atoms with van der Waals surface area (Å²) < 4.78 is 7.64. The third-order valence-electron chi connectivity index (χ3n) is 6.86. The summed E-state index contributed by atoms with van der Waals surface area (Å²) in [5, 5.41) is 6.59. The standard InChI is InChI=1S/C19H23NO.C11H13N5O/c1-14-18(7-4-8-19(14)20)16-11-9-15(10-12-16)13-21-17-5-2-3-6-17;1-13-11(17)9-3-7(4-14-10(9)12)8-5-15-16(2)6-8/h4,7-12,17H,2-3,5-6,13,20H2,1H3;3-6H,1-2H3,(H2,12,14)(H,13,17). The van der Waals surface area contributed by atoms with Crippen LogP contribution in [-0.4, -0.2) is 33.8 Å². The zero-order valence-corrected chi connectivity index (χ0v) is 22.3. The average Bonchev–Trinajstić information content (AvgIpc) is 3.62. The number of anilines is 2. The highest BCUT2D eigenvalue weighted by Crippen LogP contribution is 2.28. The van der Waals surface area contributed by atoms with Crippen molar-refractivity contribution in [3.8, 4) is 22.3 Å². The van der Waals surface area contributed by atoms with Crippen molar-refractivity contribution in [1.29, 1.82) is 0 Å². The maximum Gasteiger partial charge on any atom is 0.254 e. The molecule has 1 aliphatic rings. The Bertz CT molecular complexity index is 1370. The van der Waals surface area contributed by atoms with Crippen LogP contribution in [0.3, 0.4) is 0 Å². The summed E-state index contributed by atoms with van der Waals surface area (Å²) in [4.78, 5) is 15.6. The molecule has 0 atom stereocenters. The van der Waals surface area contributed by atoms with Gasteiger partial charge in [-0.25, -0.2) is 4.98 Å². The van der Waals surface area contributed by atoms with E-state index in [0.717, 1.165) is 29.0 Å². The molecule has 2 aromatic heterocycles. The molecule has 4 aromatic rings. The molecule has 1 saturated carbocycles. The summed E-state index contributed by atoms with van der Waals surface area (Å²) in [7, 11) is 3.38. The van der Waals surface area contributed by atoms with E-state index in [4.69, 9.17) is 16.2 Å². The lowest BCUT2D eigenvalue weighted by atomic mass is 9.98. The summed E-state index contributed by atoms with van der Waals surface area (Å²) in [5.41, 5.74) is 19.4. The molecule has 0 radical (unpaired) electrons. The fourth-order valence-corrected chi connectivity index (χ4v) is 4.54. The first-order valence-corrected chi connectivity index (χ1v) is 12.9. The predicted molar refractivity (Wildman–Crippen MR) is 152 cm³/mol. The SMILES string of the molecule is CNC(=O)c1cc(-c2cnn(C)c2)cnc1N.Cc1c(N)cccc1-c1ccc(COC2CCCC2)cc1. The normalized spacial score (nSPS) is 13.1. The number of aryl methyl sites for hydroxylation is 1. The van der Waals surface area contributed by atoms with Crippen LogP contribution in [0.1, 0.15) is 47.2 Å². The number of nitrogens with one attached hydrogen (secondary N) is 1. The molecule has 1 aliphatic carbocycles. The molecule has 0 aliphatic heterocycles. The van der Waals surface area contributed by atoms with E-state index >= 15 is 0 Å². The van der Waals surface area contributed by atoms with E-state index in [9.17, 15) is 4.79 Å². The van der Waals surface area contributed by atoms with Crippen LogP contribution in [0.4, 0.5) is 11.5 Å². The lowest BCUT2D eigenvalue weighted by molar-refractivity contribution is 0.0457. The smallest absolute Gasteiger partial charge is 0.254 e. The Kier molecular flexibility index (Phi) is 8.76. The Labute approximate surface area is 224 Å². The van der Waals surface area contributed by atoms with E-state index in [1.165, 1.54) is 42.4 Å². The molecule has 5 rings (SSSR count). The van der Waals surface area contributed by atoms with Gasteiger partial charge in [-0.2, -0.15) is 5.10 Å². The Morgan fingerprint density at radius 2 is 1.79 bits per heavy atom. The lowest BCUT2D eigenvalue weighted by Gasteiger charge is -2.12. The maximum atomic E-state index is 11.6. The number of nitrogens with two attached hydrogens (primary N) is 2. The summed E-state index contributed by atoms with van der Waals surface area (Å²) >= 11 is 0. The first-order valence-electron chi connectivity index (χ1n) is 12.9. The lowest BCUT2D eigenvalue weighted by Crippen LogP contribution is -2.19. The van der Waals surface area contributed by atoms with Crippen molar-refractivity contribution in [3.63, 3.8) is 0 Å². The number of carbonyl (C=O) groups excluding carboxylic acids is 1. The van der Waals surface area contributed by atoms with Gasteiger partial charge in [0.25, 0.3) is 5.91 Å². The maximum absolute atomic E-state index is 11.6. The van der Waals surface area contributed by atoms with Crippen LogP contribution in [0.15, 0.2) is 67.1 Å². The molecule has 0 spiro atoms. The quantitative estimate of drug-likeness (QED) is 0.308. The topological polar surface area (TPSA) is 121 Å². The second kappa shape index (κ2) is 12.4. The Morgan fingerprint density at radius 3 is 2.45 bits per heavy atom. The molecule has 0 bridgehead atoms. The van der Waals surface area contributed by atoms with E-state index in [1.807, 2.05) is 25.4 Å². The number of carbonyl (C=O) groups is 1. The van der Waals surface area contributed by atoms with Gasteiger partial charge in [0.05, 0.1) is 24.5 Å². The van der Waals surface area contributed by atoms with Gasteiger partial charge in [-0.3, -0.25) is 9.48 Å². The molecular formula is C30H36N6O2. The van der Waals surface area contributed by atoms with Gasteiger partial charge in [0.15, 0.2) is 0 Å². The molecule has 2 aromatic carbocycles. The number of pyridine rings is 1. The van der Waals surface area contributed by atoms with Crippen molar-refractivity contribution in [2.45, 2.75) is 45.3 Å². The third-order valence-corrected chi connectivity index (χ3v) is 6.86. The van der Waals surface area contributed by atoms with E-state index in [1.54, 1.807) is 30.2 Å². The zero-order chi connectivity index (χ0) is 27.1. The molecule has 5 N–H and O–H groups in total. The average molecular weight is 513 g/mol. The number of ether oxygens (including phenoxy) is 1. The van der Waals surface area contributed by atoms with Gasteiger partial charge in [0.2, 0.25) is 0 Å². The van der Waals surface area contributed by atoms with E-state index in [-0.39, 0.29) is 11.7 Å². The Hall–Kier alpha value is -4.17. The van der Waals surface area contributed by atoms with Crippen molar-refractivity contribution < 1.29 is 9.53 Å². The number of nitrogen functional groups attached to an aromatic ring is 2. The Morgan fingerprint density at radius 1 is 1.05 bits per heavy atom. The Balaban J connectivity index is 0.000000181. The first-order chi connectivity index (χ1) is 18.4. The van der Waals surface area contributed by atoms with Crippen molar-refractivity contribution in [3.05, 3.63) is 83.8 Å². The highest BCUT2D eigenvalue weighted by molar-refractivity contribution is 5.99. The van der Waals surface area contributed by atoms with Crippen LogP contribution >= 0.6 is 0 Å². The molecule has 198 valence electrons. The molecule has 1 fully saturated rings. The van der Waals surface area contributed by atoms with Gasteiger partial charge in [-0.05, 0) is 54.2 Å². The number of aromatic nitrogens is 3. The van der Waals surface area contributed by atoms with Gasteiger partial charge in [0.1, 0.15) is 5.82 Å². The number of hydrogen-bond acceptors (Lipinski definition) is 6. The summed E-state index contributed by atoms with van der Waals surface area (Å²) in [6, 6.07) is 16.4. The molecule has 2 heterocycles. The first kappa shape index (κ1) is 26.9. The molecule has 0 saturated heterocycles. The van der Waals surface area contributed by atoms with Crippen LogP contribution in [0.5, 0.6) is 0 Å². The van der Waals surface area contributed by atoms with Crippen LogP contribution in [0.25, 0.3) is 22.3 Å². The number of amides is 1. The van der Waals surface area contributed by atoms with Crippen molar-refractivity contribution >= 4 is 17.4 Å². The van der Waals surface area contributed by atoms with Gasteiger partial charge in [0, 0.05) is 43.3 Å². The fourth-order valence-electron chi connectivity index (χ4n) is 4.54. The second-order valence-electron chi connectivity index (χ2n) is 9.57. The number of nitrogens with zero attached hydrogens (tertiary/aromatic N) is 3. The van der Waals surface area contributed by atoms with Crippen molar-refractivity contribution in [1.82, 2.24) is 20.1 Å². The number of hydrogen-bond donors (Lipinski definition) is 3. The summed E-state index contributed by atoms with van der Waals surface area (Å²) in [6.07, 6.45) is 10.7. The highest BCUT2D eigenvalue weighted by atomic mass is 16.5. The highest BCUT2D eigenvalue weighted by Gasteiger charge is 2.15. The second-order valence-corrected chi connectivity index (χ2v) is 9.57.